The first-order valence-electron chi connectivity index (χ1n) is 7.92. The third-order valence-electron chi connectivity index (χ3n) is 3.68. The van der Waals surface area contributed by atoms with Crippen LogP contribution < -0.4 is 14.9 Å². The Kier molecular flexibility index (Phi) is 6.14. The molecule has 0 radical (unpaired) electrons. The number of hydroxylamine groups is 1. The topological polar surface area (TPSA) is 139 Å². The number of carbonyl (C=O) groups excluding carboxylic acids is 1. The fourth-order valence-corrected chi connectivity index (χ4v) is 4.17. The van der Waals surface area contributed by atoms with Gasteiger partial charge < -0.3 is 4.74 Å². The van der Waals surface area contributed by atoms with Crippen LogP contribution in [-0.2, 0) is 24.7 Å². The summed E-state index contributed by atoms with van der Waals surface area (Å²) in [7, 11) is -7.34. The van der Waals surface area contributed by atoms with Crippen molar-refractivity contribution in [3.8, 4) is 11.5 Å². The minimum atomic E-state index is -4.03. The highest BCUT2D eigenvalue weighted by molar-refractivity contribution is 7.90. The van der Waals surface area contributed by atoms with Gasteiger partial charge in [0.2, 0.25) is 10.0 Å². The van der Waals surface area contributed by atoms with E-state index in [0.717, 1.165) is 6.26 Å². The van der Waals surface area contributed by atoms with E-state index < -0.39 is 31.3 Å². The maximum atomic E-state index is 12.4. The molecular weight excluding hydrogens is 408 g/mol. The lowest BCUT2D eigenvalue weighted by Crippen LogP contribution is -2.53. The Bertz CT molecular complexity index is 1060. The summed E-state index contributed by atoms with van der Waals surface area (Å²) >= 11 is 0. The van der Waals surface area contributed by atoms with E-state index in [1.54, 1.807) is 0 Å². The van der Waals surface area contributed by atoms with Gasteiger partial charge in [-0.2, -0.15) is 4.72 Å². The van der Waals surface area contributed by atoms with E-state index in [4.69, 9.17) is 9.94 Å². The van der Waals surface area contributed by atoms with Crippen LogP contribution in [0.2, 0.25) is 0 Å². The first kappa shape index (κ1) is 21.8. The van der Waals surface area contributed by atoms with Crippen LogP contribution in [0.5, 0.6) is 11.5 Å². The van der Waals surface area contributed by atoms with Gasteiger partial charge in [-0.1, -0.05) is 0 Å². The Morgan fingerprint density at radius 3 is 1.71 bits per heavy atom. The number of hydrogen-bond donors (Lipinski definition) is 3. The van der Waals surface area contributed by atoms with Crippen molar-refractivity contribution in [1.82, 2.24) is 10.2 Å². The third-order valence-corrected chi connectivity index (χ3v) is 6.48. The number of rotatable bonds is 7. The van der Waals surface area contributed by atoms with Gasteiger partial charge in [0, 0.05) is 6.26 Å². The van der Waals surface area contributed by atoms with Gasteiger partial charge in [-0.05, 0) is 62.4 Å². The Balaban J connectivity index is 2.16. The summed E-state index contributed by atoms with van der Waals surface area (Å²) < 4.78 is 55.5. The standard InChI is InChI=1S/C17H20N2O7S2/c1-17(2,16(20)18-21)19-28(24,25)15-10-6-13(7-11-15)26-12-4-8-14(9-5-12)27(3,22)23/h4-11,19,21H,1-3H3,(H,18,20). The molecule has 1 amide bonds. The Morgan fingerprint density at radius 1 is 0.893 bits per heavy atom. The van der Waals surface area contributed by atoms with Crippen LogP contribution in [0.15, 0.2) is 58.3 Å². The van der Waals surface area contributed by atoms with Crippen LogP contribution in [0.1, 0.15) is 13.8 Å². The zero-order valence-electron chi connectivity index (χ0n) is 15.3. The van der Waals surface area contributed by atoms with E-state index in [2.05, 4.69) is 4.72 Å². The molecule has 0 aliphatic heterocycles. The fraction of sp³-hybridized carbons (Fsp3) is 0.235. The highest BCUT2D eigenvalue weighted by Gasteiger charge is 2.33. The van der Waals surface area contributed by atoms with Crippen molar-refractivity contribution in [2.24, 2.45) is 0 Å². The molecule has 0 saturated carbocycles. The number of sulfonamides is 1. The van der Waals surface area contributed by atoms with Gasteiger partial charge in [-0.25, -0.2) is 22.3 Å². The monoisotopic (exact) mass is 428 g/mol. The Morgan fingerprint density at radius 2 is 1.32 bits per heavy atom. The van der Waals surface area contributed by atoms with Crippen molar-refractivity contribution < 1.29 is 31.6 Å². The zero-order chi connectivity index (χ0) is 21.2. The number of nitrogens with one attached hydrogen (secondary N) is 2. The molecule has 0 aliphatic rings. The molecule has 3 N–H and O–H groups in total. The molecule has 11 heteroatoms. The zero-order valence-corrected chi connectivity index (χ0v) is 17.0. The molecule has 9 nitrogen and oxygen atoms in total. The SMILES string of the molecule is CC(C)(NS(=O)(=O)c1ccc(Oc2ccc(S(C)(=O)=O)cc2)cc1)C(=O)NO. The van der Waals surface area contributed by atoms with E-state index in [-0.39, 0.29) is 9.79 Å². The van der Waals surface area contributed by atoms with Gasteiger partial charge in [0.1, 0.15) is 17.0 Å². The van der Waals surface area contributed by atoms with Crippen LogP contribution in [-0.4, -0.2) is 39.7 Å². The molecule has 0 bridgehead atoms. The average Bonchev–Trinajstić information content (AvgIpc) is 2.60. The van der Waals surface area contributed by atoms with Gasteiger partial charge in [0.05, 0.1) is 9.79 Å². The molecular formula is C17H20N2O7S2. The number of hydrogen-bond acceptors (Lipinski definition) is 7. The van der Waals surface area contributed by atoms with E-state index in [9.17, 15) is 21.6 Å². The van der Waals surface area contributed by atoms with E-state index in [1.807, 2.05) is 0 Å². The number of ether oxygens (including phenoxy) is 1. The maximum Gasteiger partial charge on any atom is 0.264 e. The summed E-state index contributed by atoms with van der Waals surface area (Å²) in [6.07, 6.45) is 1.10. The quantitative estimate of drug-likeness (QED) is 0.448. The van der Waals surface area contributed by atoms with Crippen molar-refractivity contribution in [3.63, 3.8) is 0 Å². The molecule has 0 atom stereocenters. The van der Waals surface area contributed by atoms with Crippen molar-refractivity contribution >= 4 is 25.8 Å². The van der Waals surface area contributed by atoms with Gasteiger partial charge in [0.25, 0.3) is 5.91 Å². The molecule has 28 heavy (non-hydrogen) atoms. The average molecular weight is 428 g/mol. The molecule has 152 valence electrons. The molecule has 0 aliphatic carbocycles. The third kappa shape index (κ3) is 5.29. The minimum absolute atomic E-state index is 0.105. The largest absolute Gasteiger partial charge is 0.457 e. The molecule has 2 aromatic rings. The summed E-state index contributed by atoms with van der Waals surface area (Å²) in [4.78, 5) is 11.6. The van der Waals surface area contributed by atoms with Crippen LogP contribution >= 0.6 is 0 Å². The molecule has 0 spiro atoms. The van der Waals surface area contributed by atoms with Crippen molar-refractivity contribution in [2.75, 3.05) is 6.26 Å². The van der Waals surface area contributed by atoms with E-state index in [0.29, 0.717) is 11.5 Å². The lowest BCUT2D eigenvalue weighted by Gasteiger charge is -2.23. The number of sulfone groups is 1. The summed E-state index contributed by atoms with van der Waals surface area (Å²) in [6, 6.07) is 11.2. The van der Waals surface area contributed by atoms with Gasteiger partial charge >= 0.3 is 0 Å². The first-order chi connectivity index (χ1) is 12.8. The van der Waals surface area contributed by atoms with Crippen molar-refractivity contribution in [2.45, 2.75) is 29.2 Å². The van der Waals surface area contributed by atoms with E-state index in [1.165, 1.54) is 67.9 Å². The summed E-state index contributed by atoms with van der Waals surface area (Å²) in [5.74, 6) is -0.200. The summed E-state index contributed by atoms with van der Waals surface area (Å²) in [5, 5.41) is 8.69. The van der Waals surface area contributed by atoms with E-state index >= 15 is 0 Å². The molecule has 2 rings (SSSR count). The summed E-state index contributed by atoms with van der Waals surface area (Å²) in [5.41, 5.74) is -0.160. The number of amides is 1. The Hall–Kier alpha value is -2.47. The smallest absolute Gasteiger partial charge is 0.264 e. The van der Waals surface area contributed by atoms with Crippen LogP contribution in [0.3, 0.4) is 0 Å². The molecule has 0 aromatic heterocycles. The molecule has 0 heterocycles. The van der Waals surface area contributed by atoms with Gasteiger partial charge in [0.15, 0.2) is 9.84 Å². The van der Waals surface area contributed by atoms with Crippen molar-refractivity contribution in [3.05, 3.63) is 48.5 Å². The molecule has 0 unspecified atom stereocenters. The highest BCUT2D eigenvalue weighted by atomic mass is 32.2. The van der Waals surface area contributed by atoms with Crippen LogP contribution in [0, 0.1) is 0 Å². The predicted molar refractivity (Wildman–Crippen MR) is 100 cm³/mol. The highest BCUT2D eigenvalue weighted by Crippen LogP contribution is 2.24. The maximum absolute atomic E-state index is 12.4. The van der Waals surface area contributed by atoms with Crippen LogP contribution in [0.4, 0.5) is 0 Å². The molecule has 0 saturated heterocycles. The van der Waals surface area contributed by atoms with Crippen LogP contribution in [0.25, 0.3) is 0 Å². The number of benzene rings is 2. The van der Waals surface area contributed by atoms with Gasteiger partial charge in [-0.15, -0.1) is 0 Å². The summed E-state index contributed by atoms with van der Waals surface area (Å²) in [6.45, 7) is 2.60. The Labute approximate surface area is 163 Å². The second kappa shape index (κ2) is 7.87. The molecule has 2 aromatic carbocycles. The predicted octanol–water partition coefficient (Wildman–Crippen LogP) is 1.44. The normalized spacial score (nSPS) is 12.4. The lowest BCUT2D eigenvalue weighted by molar-refractivity contribution is -0.134. The number of carbonyl (C=O) groups is 1. The van der Waals surface area contributed by atoms with Crippen molar-refractivity contribution in [1.29, 1.82) is 0 Å². The minimum Gasteiger partial charge on any atom is -0.457 e. The molecule has 0 fully saturated rings. The lowest BCUT2D eigenvalue weighted by atomic mass is 10.1. The second-order valence-electron chi connectivity index (χ2n) is 6.49. The second-order valence-corrected chi connectivity index (χ2v) is 10.2. The first-order valence-corrected chi connectivity index (χ1v) is 11.3. The van der Waals surface area contributed by atoms with Gasteiger partial charge in [-0.3, -0.25) is 10.0 Å². The fourth-order valence-electron chi connectivity index (χ4n) is 2.16.